The quantitative estimate of drug-likeness (QED) is 0.851. The van der Waals surface area contributed by atoms with E-state index in [1.807, 2.05) is 25.2 Å². The van der Waals surface area contributed by atoms with Crippen LogP contribution in [0.2, 0.25) is 10.0 Å². The molecule has 2 nitrogen and oxygen atoms in total. The van der Waals surface area contributed by atoms with Crippen molar-refractivity contribution in [2.75, 3.05) is 13.6 Å². The van der Waals surface area contributed by atoms with Crippen molar-refractivity contribution in [1.82, 2.24) is 10.6 Å². The van der Waals surface area contributed by atoms with Gasteiger partial charge in [0.05, 0.1) is 10.0 Å². The second kappa shape index (κ2) is 5.87. The Kier molecular flexibility index (Phi) is 5.06. The van der Waals surface area contributed by atoms with Crippen LogP contribution >= 0.6 is 23.2 Å². The summed E-state index contributed by atoms with van der Waals surface area (Å²) in [5.74, 6) is 0. The third-order valence-corrected chi connectivity index (χ3v) is 3.30. The highest BCUT2D eigenvalue weighted by atomic mass is 35.5. The van der Waals surface area contributed by atoms with E-state index in [0.717, 1.165) is 18.7 Å². The third kappa shape index (κ3) is 4.30. The number of benzene rings is 1. The van der Waals surface area contributed by atoms with Crippen LogP contribution in [0, 0.1) is 0 Å². The molecule has 0 aliphatic rings. The maximum Gasteiger partial charge on any atom is 0.0595 e. The van der Waals surface area contributed by atoms with Crippen LogP contribution in [-0.4, -0.2) is 19.1 Å². The number of likely N-dealkylation sites (N-methyl/N-ethyl adjacent to an activating group) is 1. The lowest BCUT2D eigenvalue weighted by atomic mass is 10.1. The molecule has 0 radical (unpaired) electrons. The van der Waals surface area contributed by atoms with E-state index in [1.165, 1.54) is 0 Å². The summed E-state index contributed by atoms with van der Waals surface area (Å²) in [6.07, 6.45) is 0. The number of halogens is 2. The predicted molar refractivity (Wildman–Crippen MR) is 71.3 cm³/mol. The van der Waals surface area contributed by atoms with Gasteiger partial charge in [-0.2, -0.15) is 0 Å². The van der Waals surface area contributed by atoms with Crippen LogP contribution in [0.25, 0.3) is 0 Å². The maximum absolute atomic E-state index is 5.94. The zero-order valence-corrected chi connectivity index (χ0v) is 11.4. The molecule has 0 aromatic heterocycles. The summed E-state index contributed by atoms with van der Waals surface area (Å²) in [6, 6.07) is 5.70. The first-order valence-corrected chi connectivity index (χ1v) is 6.04. The van der Waals surface area contributed by atoms with Crippen molar-refractivity contribution >= 4 is 23.2 Å². The lowest BCUT2D eigenvalue weighted by molar-refractivity contribution is 0.393. The fourth-order valence-corrected chi connectivity index (χ4v) is 1.58. The second-order valence-corrected chi connectivity index (χ2v) is 5.30. The smallest absolute Gasteiger partial charge is 0.0595 e. The van der Waals surface area contributed by atoms with Crippen LogP contribution in [0.4, 0.5) is 0 Å². The first kappa shape index (κ1) is 13.8. The van der Waals surface area contributed by atoms with Crippen molar-refractivity contribution in [3.8, 4) is 0 Å². The molecule has 1 rings (SSSR count). The normalized spacial score (nSPS) is 11.8. The minimum Gasteiger partial charge on any atom is -0.314 e. The fraction of sp³-hybridized carbons (Fsp3) is 0.500. The van der Waals surface area contributed by atoms with E-state index in [4.69, 9.17) is 23.2 Å². The van der Waals surface area contributed by atoms with Crippen molar-refractivity contribution < 1.29 is 0 Å². The number of hydrogen-bond donors (Lipinski definition) is 2. The van der Waals surface area contributed by atoms with Gasteiger partial charge in [0.2, 0.25) is 0 Å². The monoisotopic (exact) mass is 260 g/mol. The molecule has 0 fully saturated rings. The average Bonchev–Trinajstić information content (AvgIpc) is 2.23. The Balaban J connectivity index is 2.46. The van der Waals surface area contributed by atoms with Crippen molar-refractivity contribution in [2.45, 2.75) is 25.9 Å². The first-order valence-electron chi connectivity index (χ1n) is 5.28. The fourth-order valence-electron chi connectivity index (χ4n) is 1.26. The third-order valence-electron chi connectivity index (χ3n) is 2.56. The van der Waals surface area contributed by atoms with Gasteiger partial charge in [0.15, 0.2) is 0 Å². The highest BCUT2D eigenvalue weighted by molar-refractivity contribution is 6.42. The van der Waals surface area contributed by atoms with Gasteiger partial charge in [-0.15, -0.1) is 0 Å². The molecule has 0 saturated heterocycles. The Hall–Kier alpha value is -0.280. The van der Waals surface area contributed by atoms with Gasteiger partial charge in [0, 0.05) is 18.6 Å². The SMILES string of the molecule is CNC(C)(C)CNCc1ccc(Cl)c(Cl)c1. The van der Waals surface area contributed by atoms with E-state index >= 15 is 0 Å². The van der Waals surface area contributed by atoms with Crippen LogP contribution in [0.15, 0.2) is 18.2 Å². The summed E-state index contributed by atoms with van der Waals surface area (Å²) < 4.78 is 0. The Morgan fingerprint density at radius 2 is 1.88 bits per heavy atom. The van der Waals surface area contributed by atoms with Crippen molar-refractivity contribution in [1.29, 1.82) is 0 Å². The predicted octanol–water partition coefficient (Wildman–Crippen LogP) is 3.08. The largest absolute Gasteiger partial charge is 0.314 e. The van der Waals surface area contributed by atoms with E-state index in [2.05, 4.69) is 24.5 Å². The zero-order chi connectivity index (χ0) is 12.2. The Morgan fingerprint density at radius 3 is 2.44 bits per heavy atom. The minimum absolute atomic E-state index is 0.0935. The molecule has 0 unspecified atom stereocenters. The van der Waals surface area contributed by atoms with E-state index in [9.17, 15) is 0 Å². The van der Waals surface area contributed by atoms with E-state index in [0.29, 0.717) is 10.0 Å². The Morgan fingerprint density at radius 1 is 1.19 bits per heavy atom. The van der Waals surface area contributed by atoms with Gasteiger partial charge in [-0.3, -0.25) is 0 Å². The summed E-state index contributed by atoms with van der Waals surface area (Å²) in [5, 5.41) is 7.82. The molecule has 0 saturated carbocycles. The number of nitrogens with one attached hydrogen (secondary N) is 2. The molecule has 90 valence electrons. The van der Waals surface area contributed by atoms with Gasteiger partial charge >= 0.3 is 0 Å². The van der Waals surface area contributed by atoms with Gasteiger partial charge in [-0.05, 0) is 38.6 Å². The Labute approximate surface area is 107 Å². The molecule has 0 bridgehead atoms. The maximum atomic E-state index is 5.94. The van der Waals surface area contributed by atoms with E-state index in [1.54, 1.807) is 0 Å². The summed E-state index contributed by atoms with van der Waals surface area (Å²) in [6.45, 7) is 5.98. The van der Waals surface area contributed by atoms with E-state index in [-0.39, 0.29) is 5.54 Å². The van der Waals surface area contributed by atoms with Crippen LogP contribution in [0.3, 0.4) is 0 Å². The molecule has 0 atom stereocenters. The van der Waals surface area contributed by atoms with Gasteiger partial charge in [0.1, 0.15) is 0 Å². The highest BCUT2D eigenvalue weighted by Crippen LogP contribution is 2.22. The molecule has 0 aliphatic carbocycles. The van der Waals surface area contributed by atoms with Crippen LogP contribution in [0.5, 0.6) is 0 Å². The second-order valence-electron chi connectivity index (χ2n) is 4.49. The lowest BCUT2D eigenvalue weighted by Crippen LogP contribution is -2.45. The van der Waals surface area contributed by atoms with Gasteiger partial charge in [-0.1, -0.05) is 29.3 Å². The molecule has 2 N–H and O–H groups in total. The minimum atomic E-state index is 0.0935. The van der Waals surface area contributed by atoms with Crippen molar-refractivity contribution in [3.05, 3.63) is 33.8 Å². The molecule has 0 aliphatic heterocycles. The van der Waals surface area contributed by atoms with Gasteiger partial charge in [-0.25, -0.2) is 0 Å². The molecule has 16 heavy (non-hydrogen) atoms. The summed E-state index contributed by atoms with van der Waals surface area (Å²) in [4.78, 5) is 0. The average molecular weight is 261 g/mol. The molecular weight excluding hydrogens is 243 g/mol. The van der Waals surface area contributed by atoms with Crippen molar-refractivity contribution in [3.63, 3.8) is 0 Å². The summed E-state index contributed by atoms with van der Waals surface area (Å²) in [7, 11) is 1.96. The van der Waals surface area contributed by atoms with Gasteiger partial charge in [0.25, 0.3) is 0 Å². The topological polar surface area (TPSA) is 24.1 Å². The molecule has 0 spiro atoms. The molecule has 1 aromatic carbocycles. The first-order chi connectivity index (χ1) is 7.44. The van der Waals surface area contributed by atoms with E-state index < -0.39 is 0 Å². The summed E-state index contributed by atoms with van der Waals surface area (Å²) in [5.41, 5.74) is 1.23. The van der Waals surface area contributed by atoms with Crippen molar-refractivity contribution in [2.24, 2.45) is 0 Å². The Bertz CT molecular complexity index is 351. The van der Waals surface area contributed by atoms with Gasteiger partial charge < -0.3 is 10.6 Å². The van der Waals surface area contributed by atoms with Crippen LogP contribution < -0.4 is 10.6 Å². The molecule has 0 heterocycles. The zero-order valence-electron chi connectivity index (χ0n) is 9.90. The highest BCUT2D eigenvalue weighted by Gasteiger charge is 2.13. The molecular formula is C12H18Cl2N2. The molecule has 1 aromatic rings. The lowest BCUT2D eigenvalue weighted by Gasteiger charge is -2.24. The number of hydrogen-bond acceptors (Lipinski definition) is 2. The summed E-state index contributed by atoms with van der Waals surface area (Å²) >= 11 is 11.8. The number of rotatable bonds is 5. The van der Waals surface area contributed by atoms with Crippen LogP contribution in [0.1, 0.15) is 19.4 Å². The standard InChI is InChI=1S/C12H18Cl2N2/c1-12(2,15-3)8-16-7-9-4-5-10(13)11(14)6-9/h4-6,15-16H,7-8H2,1-3H3. The van der Waals surface area contributed by atoms with Crippen LogP contribution in [-0.2, 0) is 6.54 Å². The molecule has 0 amide bonds. The molecule has 4 heteroatoms.